The maximum absolute atomic E-state index is 4.74. The lowest BCUT2D eigenvalue weighted by molar-refractivity contribution is 0.270. The van der Waals surface area contributed by atoms with Crippen molar-refractivity contribution in [3.05, 3.63) is 41.6 Å². The summed E-state index contributed by atoms with van der Waals surface area (Å²) in [5.74, 6) is 1.68. The zero-order valence-electron chi connectivity index (χ0n) is 14.9. The van der Waals surface area contributed by atoms with Crippen LogP contribution < -0.4 is 10.2 Å². The van der Waals surface area contributed by atoms with Crippen LogP contribution in [0.25, 0.3) is 0 Å². The van der Waals surface area contributed by atoms with E-state index in [1.54, 1.807) is 0 Å². The number of aryl methyl sites for hydroxylation is 2. The minimum Gasteiger partial charge on any atom is -0.340 e. The third kappa shape index (κ3) is 3.67. The highest BCUT2D eigenvalue weighted by molar-refractivity contribution is 5.65. The molecule has 0 spiro atoms. The van der Waals surface area contributed by atoms with Crippen molar-refractivity contribution in [2.45, 2.75) is 27.2 Å². The van der Waals surface area contributed by atoms with E-state index < -0.39 is 0 Å². The van der Waals surface area contributed by atoms with E-state index in [0.29, 0.717) is 0 Å². The van der Waals surface area contributed by atoms with E-state index >= 15 is 0 Å². The second-order valence-electron chi connectivity index (χ2n) is 6.25. The molecule has 1 aliphatic heterocycles. The summed E-state index contributed by atoms with van der Waals surface area (Å²) < 4.78 is 0. The third-order valence-corrected chi connectivity index (χ3v) is 4.74. The molecule has 1 aromatic carbocycles. The Morgan fingerprint density at radius 2 is 1.88 bits per heavy atom. The van der Waals surface area contributed by atoms with Gasteiger partial charge in [0.2, 0.25) is 5.95 Å². The summed E-state index contributed by atoms with van der Waals surface area (Å²) in [6.45, 7) is 11.8. The molecule has 3 rings (SSSR count). The van der Waals surface area contributed by atoms with E-state index in [0.717, 1.165) is 50.9 Å². The van der Waals surface area contributed by atoms with Gasteiger partial charge in [-0.15, -0.1) is 0 Å². The predicted octanol–water partition coefficient (Wildman–Crippen LogP) is 3.23. The Morgan fingerprint density at radius 3 is 2.58 bits per heavy atom. The van der Waals surface area contributed by atoms with Crippen LogP contribution in [0.15, 0.2) is 30.5 Å². The molecule has 2 aromatic rings. The van der Waals surface area contributed by atoms with Gasteiger partial charge in [-0.2, -0.15) is 4.98 Å². The molecule has 0 amide bonds. The Morgan fingerprint density at radius 1 is 1.08 bits per heavy atom. The van der Waals surface area contributed by atoms with Gasteiger partial charge in [-0.3, -0.25) is 0 Å². The number of rotatable bonds is 5. The first-order valence-electron chi connectivity index (χ1n) is 8.87. The van der Waals surface area contributed by atoms with Gasteiger partial charge < -0.3 is 15.1 Å². The molecule has 1 aliphatic rings. The predicted molar refractivity (Wildman–Crippen MR) is 100 cm³/mol. The molecular weight excluding hydrogens is 298 g/mol. The smallest absolute Gasteiger partial charge is 0.227 e. The largest absolute Gasteiger partial charge is 0.340 e. The van der Waals surface area contributed by atoms with Crippen LogP contribution in [0.2, 0.25) is 0 Å². The molecule has 24 heavy (non-hydrogen) atoms. The lowest BCUT2D eigenvalue weighted by atomic mass is 10.1. The topological polar surface area (TPSA) is 44.3 Å². The number of likely N-dealkylation sites (N-methyl/N-ethyl adjacent to an activating group) is 1. The summed E-state index contributed by atoms with van der Waals surface area (Å²) in [7, 11) is 0. The van der Waals surface area contributed by atoms with Crippen molar-refractivity contribution in [2.75, 3.05) is 42.9 Å². The molecule has 5 heteroatoms. The summed E-state index contributed by atoms with van der Waals surface area (Å²) in [5, 5.41) is 3.50. The molecule has 0 aliphatic carbocycles. The van der Waals surface area contributed by atoms with Crippen molar-refractivity contribution in [3.8, 4) is 0 Å². The van der Waals surface area contributed by atoms with E-state index in [1.165, 1.54) is 16.8 Å². The van der Waals surface area contributed by atoms with Gasteiger partial charge in [0.1, 0.15) is 5.82 Å². The highest BCUT2D eigenvalue weighted by Gasteiger charge is 2.18. The van der Waals surface area contributed by atoms with Crippen LogP contribution in [0.4, 0.5) is 17.5 Å². The molecule has 0 bridgehead atoms. The van der Waals surface area contributed by atoms with Crippen molar-refractivity contribution in [2.24, 2.45) is 0 Å². The van der Waals surface area contributed by atoms with Gasteiger partial charge in [0.15, 0.2) is 0 Å². The standard InChI is InChI=1S/C19H27N5/c1-4-16-8-6-7-15(3)18(16)21-17-9-10-20-19(22-17)24-13-11-23(5-2)12-14-24/h6-10H,4-5,11-14H2,1-3H3,(H,20,21,22). The lowest BCUT2D eigenvalue weighted by Crippen LogP contribution is -2.46. The fourth-order valence-corrected chi connectivity index (χ4v) is 3.16. The SMILES string of the molecule is CCc1cccc(C)c1Nc1ccnc(N2CCN(CC)CC2)n1. The van der Waals surface area contributed by atoms with E-state index in [9.17, 15) is 0 Å². The Bertz CT molecular complexity index is 677. The minimum absolute atomic E-state index is 0.822. The maximum atomic E-state index is 4.74. The van der Waals surface area contributed by atoms with Gasteiger partial charge in [-0.1, -0.05) is 32.0 Å². The molecule has 2 heterocycles. The van der Waals surface area contributed by atoms with Crippen LogP contribution in [0.3, 0.4) is 0 Å². The Kier molecular flexibility index (Phi) is 5.30. The molecule has 1 saturated heterocycles. The fourth-order valence-electron chi connectivity index (χ4n) is 3.16. The second kappa shape index (κ2) is 7.62. The summed E-state index contributed by atoms with van der Waals surface area (Å²) >= 11 is 0. The number of para-hydroxylation sites is 1. The number of aromatic nitrogens is 2. The van der Waals surface area contributed by atoms with Gasteiger partial charge in [0, 0.05) is 38.1 Å². The number of anilines is 3. The highest BCUT2D eigenvalue weighted by Crippen LogP contribution is 2.25. The summed E-state index contributed by atoms with van der Waals surface area (Å²) in [6, 6.07) is 8.35. The molecule has 1 fully saturated rings. The molecule has 128 valence electrons. The summed E-state index contributed by atoms with van der Waals surface area (Å²) in [4.78, 5) is 14.0. The lowest BCUT2D eigenvalue weighted by Gasteiger charge is -2.34. The van der Waals surface area contributed by atoms with Gasteiger partial charge >= 0.3 is 0 Å². The van der Waals surface area contributed by atoms with Gasteiger partial charge in [0.25, 0.3) is 0 Å². The minimum atomic E-state index is 0.822. The van der Waals surface area contributed by atoms with Gasteiger partial charge in [-0.05, 0) is 37.1 Å². The average molecular weight is 325 g/mol. The average Bonchev–Trinajstić information content (AvgIpc) is 2.64. The van der Waals surface area contributed by atoms with Gasteiger partial charge in [-0.25, -0.2) is 4.98 Å². The molecule has 1 N–H and O–H groups in total. The first-order valence-corrected chi connectivity index (χ1v) is 8.87. The molecule has 0 unspecified atom stereocenters. The molecule has 5 nitrogen and oxygen atoms in total. The van der Waals surface area contributed by atoms with Gasteiger partial charge in [0.05, 0.1) is 0 Å². The molecule has 1 aromatic heterocycles. The number of nitrogens with one attached hydrogen (secondary N) is 1. The highest BCUT2D eigenvalue weighted by atomic mass is 15.3. The monoisotopic (exact) mass is 325 g/mol. The van der Waals surface area contributed by atoms with Crippen LogP contribution in [0.5, 0.6) is 0 Å². The summed E-state index contributed by atoms with van der Waals surface area (Å²) in [5.41, 5.74) is 3.72. The normalized spacial score (nSPS) is 15.5. The van der Waals surface area contributed by atoms with Crippen molar-refractivity contribution in [3.63, 3.8) is 0 Å². The van der Waals surface area contributed by atoms with E-state index in [1.807, 2.05) is 12.3 Å². The first-order chi connectivity index (χ1) is 11.7. The number of hydrogen-bond acceptors (Lipinski definition) is 5. The molecular formula is C19H27N5. The molecule has 0 atom stereocenters. The Balaban J connectivity index is 1.77. The van der Waals surface area contributed by atoms with Crippen molar-refractivity contribution in [1.82, 2.24) is 14.9 Å². The number of benzene rings is 1. The van der Waals surface area contributed by atoms with E-state index in [4.69, 9.17) is 4.98 Å². The third-order valence-electron chi connectivity index (χ3n) is 4.74. The number of nitrogens with zero attached hydrogens (tertiary/aromatic N) is 4. The second-order valence-corrected chi connectivity index (χ2v) is 6.25. The first kappa shape index (κ1) is 16.7. The molecule has 0 saturated carbocycles. The quantitative estimate of drug-likeness (QED) is 0.914. The van der Waals surface area contributed by atoms with Crippen molar-refractivity contribution < 1.29 is 0 Å². The van der Waals surface area contributed by atoms with Crippen LogP contribution in [-0.2, 0) is 6.42 Å². The van der Waals surface area contributed by atoms with E-state index in [2.05, 4.69) is 59.1 Å². The van der Waals surface area contributed by atoms with Crippen molar-refractivity contribution >= 4 is 17.5 Å². The zero-order chi connectivity index (χ0) is 16.9. The van der Waals surface area contributed by atoms with Crippen LogP contribution in [0, 0.1) is 6.92 Å². The van der Waals surface area contributed by atoms with Crippen LogP contribution in [-0.4, -0.2) is 47.6 Å². The van der Waals surface area contributed by atoms with Crippen LogP contribution >= 0.6 is 0 Å². The maximum Gasteiger partial charge on any atom is 0.227 e. The van der Waals surface area contributed by atoms with Crippen molar-refractivity contribution in [1.29, 1.82) is 0 Å². The number of piperazine rings is 1. The molecule has 0 radical (unpaired) electrons. The Hall–Kier alpha value is -2.14. The Labute approximate surface area is 144 Å². The fraction of sp³-hybridized carbons (Fsp3) is 0.474. The summed E-state index contributed by atoms with van der Waals surface area (Å²) in [6.07, 6.45) is 2.85. The zero-order valence-corrected chi connectivity index (χ0v) is 14.9. The van der Waals surface area contributed by atoms with E-state index in [-0.39, 0.29) is 0 Å². The van der Waals surface area contributed by atoms with Crippen LogP contribution in [0.1, 0.15) is 25.0 Å². The number of hydrogen-bond donors (Lipinski definition) is 1.